The number of aromatic nitrogens is 2. The zero-order valence-corrected chi connectivity index (χ0v) is 9.86. The molecule has 2 aromatic rings. The highest BCUT2D eigenvalue weighted by atomic mass is 16.3. The van der Waals surface area contributed by atoms with Gasteiger partial charge in [0.15, 0.2) is 0 Å². The van der Waals surface area contributed by atoms with E-state index in [1.54, 1.807) is 6.33 Å². The van der Waals surface area contributed by atoms with Gasteiger partial charge in [-0.05, 0) is 38.0 Å². The third-order valence-electron chi connectivity index (χ3n) is 3.09. The predicted octanol–water partition coefficient (Wildman–Crippen LogP) is 2.29. The molecule has 0 fully saturated rings. The van der Waals surface area contributed by atoms with Gasteiger partial charge in [-0.15, -0.1) is 0 Å². The van der Waals surface area contributed by atoms with E-state index >= 15 is 0 Å². The van der Waals surface area contributed by atoms with Crippen LogP contribution in [0.25, 0.3) is 5.69 Å². The zero-order chi connectivity index (χ0) is 11.7. The Morgan fingerprint density at radius 1 is 1.25 bits per heavy atom. The summed E-state index contributed by atoms with van der Waals surface area (Å²) in [5.74, 6) is 0. The summed E-state index contributed by atoms with van der Waals surface area (Å²) in [7, 11) is 0. The molecule has 1 heterocycles. The SMILES string of the molecule is Cc1cccc(-n2cnc(CO)c2C)c1C. The lowest BCUT2D eigenvalue weighted by Crippen LogP contribution is -2.00. The summed E-state index contributed by atoms with van der Waals surface area (Å²) in [5.41, 5.74) is 5.37. The second kappa shape index (κ2) is 4.10. The van der Waals surface area contributed by atoms with Crippen LogP contribution in [0.3, 0.4) is 0 Å². The predicted molar refractivity (Wildman–Crippen MR) is 63.7 cm³/mol. The average Bonchev–Trinajstić information content (AvgIpc) is 2.64. The molecular formula is C13H16N2O. The van der Waals surface area contributed by atoms with Crippen LogP contribution in [-0.2, 0) is 6.61 Å². The van der Waals surface area contributed by atoms with Gasteiger partial charge in [-0.2, -0.15) is 0 Å². The van der Waals surface area contributed by atoms with Crippen molar-refractivity contribution in [2.45, 2.75) is 27.4 Å². The second-order valence-corrected chi connectivity index (χ2v) is 4.02. The molecule has 84 valence electrons. The average molecular weight is 216 g/mol. The topological polar surface area (TPSA) is 38.0 Å². The molecule has 1 aromatic heterocycles. The summed E-state index contributed by atoms with van der Waals surface area (Å²) in [5, 5.41) is 9.13. The third-order valence-corrected chi connectivity index (χ3v) is 3.09. The second-order valence-electron chi connectivity index (χ2n) is 4.02. The first-order valence-corrected chi connectivity index (χ1v) is 5.35. The number of imidazole rings is 1. The van der Waals surface area contributed by atoms with E-state index in [2.05, 4.69) is 31.0 Å². The first-order valence-electron chi connectivity index (χ1n) is 5.35. The van der Waals surface area contributed by atoms with Crippen LogP contribution in [0.4, 0.5) is 0 Å². The lowest BCUT2D eigenvalue weighted by Gasteiger charge is -2.11. The molecule has 16 heavy (non-hydrogen) atoms. The Balaban J connectivity index is 2.59. The van der Waals surface area contributed by atoms with E-state index in [0.29, 0.717) is 0 Å². The van der Waals surface area contributed by atoms with Crippen LogP contribution < -0.4 is 0 Å². The Labute approximate surface area is 95.4 Å². The molecular weight excluding hydrogens is 200 g/mol. The molecule has 0 atom stereocenters. The van der Waals surface area contributed by atoms with Gasteiger partial charge in [-0.3, -0.25) is 0 Å². The Kier molecular flexibility index (Phi) is 2.79. The van der Waals surface area contributed by atoms with Crippen LogP contribution in [0, 0.1) is 20.8 Å². The number of aliphatic hydroxyl groups excluding tert-OH is 1. The molecule has 0 radical (unpaired) electrons. The lowest BCUT2D eigenvalue weighted by atomic mass is 10.1. The van der Waals surface area contributed by atoms with Gasteiger partial charge in [-0.25, -0.2) is 4.98 Å². The van der Waals surface area contributed by atoms with Crippen molar-refractivity contribution in [1.29, 1.82) is 0 Å². The van der Waals surface area contributed by atoms with E-state index in [-0.39, 0.29) is 6.61 Å². The van der Waals surface area contributed by atoms with Crippen molar-refractivity contribution in [3.8, 4) is 5.69 Å². The summed E-state index contributed by atoms with van der Waals surface area (Å²) in [6.45, 7) is 6.16. The molecule has 0 aliphatic heterocycles. The minimum Gasteiger partial charge on any atom is -0.390 e. The Hall–Kier alpha value is -1.61. The maximum absolute atomic E-state index is 9.13. The number of aliphatic hydroxyl groups is 1. The van der Waals surface area contributed by atoms with Crippen LogP contribution >= 0.6 is 0 Å². The standard InChI is InChI=1S/C13H16N2O/c1-9-5-4-6-13(10(9)2)15-8-14-12(7-16)11(15)3/h4-6,8,16H,7H2,1-3H3. The largest absolute Gasteiger partial charge is 0.390 e. The Bertz CT molecular complexity index is 515. The lowest BCUT2D eigenvalue weighted by molar-refractivity contribution is 0.276. The van der Waals surface area contributed by atoms with E-state index in [0.717, 1.165) is 17.1 Å². The molecule has 0 bridgehead atoms. The molecule has 3 heteroatoms. The first kappa shape index (κ1) is 10.9. The van der Waals surface area contributed by atoms with Crippen molar-refractivity contribution in [2.75, 3.05) is 0 Å². The number of benzene rings is 1. The highest BCUT2D eigenvalue weighted by Crippen LogP contribution is 2.20. The number of nitrogens with zero attached hydrogens (tertiary/aromatic N) is 2. The summed E-state index contributed by atoms with van der Waals surface area (Å²) in [4.78, 5) is 4.19. The molecule has 0 spiro atoms. The van der Waals surface area contributed by atoms with Crippen LogP contribution in [-0.4, -0.2) is 14.7 Å². The highest BCUT2D eigenvalue weighted by molar-refractivity contribution is 5.46. The number of hydrogen-bond acceptors (Lipinski definition) is 2. The molecule has 0 aliphatic carbocycles. The Morgan fingerprint density at radius 2 is 2.00 bits per heavy atom. The fourth-order valence-corrected chi connectivity index (χ4v) is 1.84. The van der Waals surface area contributed by atoms with Crippen LogP contribution in [0.15, 0.2) is 24.5 Å². The molecule has 0 saturated carbocycles. The third kappa shape index (κ3) is 1.63. The van der Waals surface area contributed by atoms with E-state index in [1.807, 2.05) is 17.6 Å². The number of hydrogen-bond donors (Lipinski definition) is 1. The van der Waals surface area contributed by atoms with Gasteiger partial charge in [0, 0.05) is 11.4 Å². The van der Waals surface area contributed by atoms with Crippen LogP contribution in [0.5, 0.6) is 0 Å². The summed E-state index contributed by atoms with van der Waals surface area (Å²) in [6.07, 6.45) is 1.77. The molecule has 2 rings (SSSR count). The summed E-state index contributed by atoms with van der Waals surface area (Å²) >= 11 is 0. The minimum absolute atomic E-state index is 0.0102. The molecule has 3 nitrogen and oxygen atoms in total. The van der Waals surface area contributed by atoms with Crippen molar-refractivity contribution in [1.82, 2.24) is 9.55 Å². The van der Waals surface area contributed by atoms with Crippen molar-refractivity contribution >= 4 is 0 Å². The van der Waals surface area contributed by atoms with Crippen molar-refractivity contribution in [3.05, 3.63) is 47.0 Å². The molecule has 1 N–H and O–H groups in total. The van der Waals surface area contributed by atoms with Crippen molar-refractivity contribution in [2.24, 2.45) is 0 Å². The van der Waals surface area contributed by atoms with Crippen molar-refractivity contribution in [3.63, 3.8) is 0 Å². The smallest absolute Gasteiger partial charge is 0.0998 e. The molecule has 0 saturated heterocycles. The van der Waals surface area contributed by atoms with Gasteiger partial charge >= 0.3 is 0 Å². The molecule has 0 unspecified atom stereocenters. The van der Waals surface area contributed by atoms with Gasteiger partial charge in [-0.1, -0.05) is 12.1 Å². The monoisotopic (exact) mass is 216 g/mol. The quantitative estimate of drug-likeness (QED) is 0.836. The zero-order valence-electron chi connectivity index (χ0n) is 9.86. The maximum atomic E-state index is 9.13. The molecule has 0 amide bonds. The first-order chi connectivity index (χ1) is 7.65. The summed E-state index contributed by atoms with van der Waals surface area (Å²) in [6, 6.07) is 6.20. The van der Waals surface area contributed by atoms with Gasteiger partial charge in [0.05, 0.1) is 18.6 Å². The normalized spacial score (nSPS) is 10.8. The molecule has 0 aliphatic rings. The molecule has 1 aromatic carbocycles. The van der Waals surface area contributed by atoms with Gasteiger partial charge < -0.3 is 9.67 Å². The van der Waals surface area contributed by atoms with Crippen LogP contribution in [0.1, 0.15) is 22.5 Å². The Morgan fingerprint density at radius 3 is 2.62 bits per heavy atom. The maximum Gasteiger partial charge on any atom is 0.0998 e. The highest BCUT2D eigenvalue weighted by Gasteiger charge is 2.09. The van der Waals surface area contributed by atoms with E-state index < -0.39 is 0 Å². The fourth-order valence-electron chi connectivity index (χ4n) is 1.84. The number of rotatable bonds is 2. The van der Waals surface area contributed by atoms with Gasteiger partial charge in [0.1, 0.15) is 0 Å². The van der Waals surface area contributed by atoms with E-state index in [9.17, 15) is 0 Å². The van der Waals surface area contributed by atoms with Gasteiger partial charge in [0.2, 0.25) is 0 Å². The fraction of sp³-hybridized carbons (Fsp3) is 0.308. The minimum atomic E-state index is -0.0102. The summed E-state index contributed by atoms with van der Waals surface area (Å²) < 4.78 is 2.02. The van der Waals surface area contributed by atoms with Crippen LogP contribution in [0.2, 0.25) is 0 Å². The van der Waals surface area contributed by atoms with Crippen molar-refractivity contribution < 1.29 is 5.11 Å². The van der Waals surface area contributed by atoms with E-state index in [4.69, 9.17) is 5.11 Å². The van der Waals surface area contributed by atoms with E-state index in [1.165, 1.54) is 11.1 Å². The van der Waals surface area contributed by atoms with Gasteiger partial charge in [0.25, 0.3) is 0 Å². The number of aryl methyl sites for hydroxylation is 1.